The van der Waals surface area contributed by atoms with Crippen molar-refractivity contribution in [2.24, 2.45) is 17.4 Å². The predicted octanol–water partition coefficient (Wildman–Crippen LogP) is 1.92. The van der Waals surface area contributed by atoms with E-state index >= 15 is 0 Å². The zero-order valence-corrected chi connectivity index (χ0v) is 13.1. The number of carbonyl (C=O) groups is 1. The summed E-state index contributed by atoms with van der Waals surface area (Å²) in [5.41, 5.74) is 11.8. The van der Waals surface area contributed by atoms with Gasteiger partial charge in [-0.25, -0.2) is 4.39 Å². The van der Waals surface area contributed by atoms with Crippen molar-refractivity contribution in [2.45, 2.75) is 12.8 Å². The summed E-state index contributed by atoms with van der Waals surface area (Å²) in [6.45, 7) is 1.13. The van der Waals surface area contributed by atoms with Crippen LogP contribution in [0, 0.1) is 11.7 Å². The van der Waals surface area contributed by atoms with Gasteiger partial charge in [0, 0.05) is 18.7 Å². The second-order valence-corrected chi connectivity index (χ2v) is 6.04. The maximum atomic E-state index is 14.4. The molecule has 1 aliphatic heterocycles. The van der Waals surface area contributed by atoms with Crippen LogP contribution in [0.25, 0.3) is 0 Å². The quantitative estimate of drug-likeness (QED) is 0.808. The van der Waals surface area contributed by atoms with Crippen LogP contribution in [0.15, 0.2) is 16.6 Å². The van der Waals surface area contributed by atoms with E-state index < -0.39 is 5.82 Å². The number of rotatable bonds is 3. The Labute approximate surface area is 130 Å². The van der Waals surface area contributed by atoms with Gasteiger partial charge in [-0.05, 0) is 40.9 Å². The minimum absolute atomic E-state index is 0.135. The Hall–Kier alpha value is -1.21. The topological polar surface area (TPSA) is 72.4 Å². The number of nitrogens with zero attached hydrogens (tertiary/aromatic N) is 1. The smallest absolute Gasteiger partial charge is 0.222 e. The first-order valence-electron chi connectivity index (χ1n) is 6.24. The molecule has 2 rings (SSSR count). The molecule has 20 heavy (non-hydrogen) atoms. The van der Waals surface area contributed by atoms with Gasteiger partial charge in [0.1, 0.15) is 4.99 Å². The van der Waals surface area contributed by atoms with E-state index in [0.717, 1.165) is 12.8 Å². The number of amides is 1. The lowest BCUT2D eigenvalue weighted by Gasteiger charge is -2.33. The number of carbonyl (C=O) groups excluding carboxylic acids is 1. The third kappa shape index (κ3) is 2.93. The maximum Gasteiger partial charge on any atom is 0.222 e. The number of thiocarbonyl (C=S) groups is 1. The Kier molecular flexibility index (Phi) is 4.59. The first-order valence-corrected chi connectivity index (χ1v) is 7.44. The van der Waals surface area contributed by atoms with Crippen LogP contribution in [0.2, 0.25) is 0 Å². The van der Waals surface area contributed by atoms with Gasteiger partial charge < -0.3 is 16.4 Å². The SMILES string of the molecule is NC(=O)C1CCCN(c2ccc(C(N)=S)c(Br)c2F)C1. The van der Waals surface area contributed by atoms with Crippen molar-refractivity contribution in [3.63, 3.8) is 0 Å². The van der Waals surface area contributed by atoms with Gasteiger partial charge in [0.2, 0.25) is 5.91 Å². The van der Waals surface area contributed by atoms with Crippen LogP contribution in [0.3, 0.4) is 0 Å². The van der Waals surface area contributed by atoms with Crippen molar-refractivity contribution < 1.29 is 9.18 Å². The van der Waals surface area contributed by atoms with Gasteiger partial charge >= 0.3 is 0 Å². The molecule has 4 nitrogen and oxygen atoms in total. The first-order chi connectivity index (χ1) is 9.41. The molecule has 1 unspecified atom stereocenters. The Morgan fingerprint density at radius 3 is 2.75 bits per heavy atom. The number of hydrogen-bond acceptors (Lipinski definition) is 3. The molecule has 4 N–H and O–H groups in total. The summed E-state index contributed by atoms with van der Waals surface area (Å²) in [7, 11) is 0. The van der Waals surface area contributed by atoms with Gasteiger partial charge in [0.25, 0.3) is 0 Å². The van der Waals surface area contributed by atoms with Crippen LogP contribution in [0.5, 0.6) is 0 Å². The van der Waals surface area contributed by atoms with Crippen LogP contribution in [0.4, 0.5) is 10.1 Å². The Balaban J connectivity index is 2.31. The molecule has 0 bridgehead atoms. The Morgan fingerprint density at radius 2 is 2.15 bits per heavy atom. The molecule has 0 aromatic heterocycles. The number of piperidine rings is 1. The van der Waals surface area contributed by atoms with Crippen LogP contribution in [-0.4, -0.2) is 24.0 Å². The maximum absolute atomic E-state index is 14.4. The van der Waals surface area contributed by atoms with E-state index in [9.17, 15) is 9.18 Å². The summed E-state index contributed by atoms with van der Waals surface area (Å²) in [5.74, 6) is -0.994. The zero-order chi connectivity index (χ0) is 14.9. The average Bonchev–Trinajstić information content (AvgIpc) is 2.41. The number of halogens is 2. The number of anilines is 1. The summed E-state index contributed by atoms with van der Waals surface area (Å²) in [6, 6.07) is 3.32. The molecule has 1 aromatic rings. The number of benzene rings is 1. The average molecular weight is 360 g/mol. The molecular weight excluding hydrogens is 345 g/mol. The summed E-state index contributed by atoms with van der Waals surface area (Å²) >= 11 is 8.05. The molecule has 1 fully saturated rings. The largest absolute Gasteiger partial charge is 0.389 e. The number of hydrogen-bond donors (Lipinski definition) is 2. The van der Waals surface area contributed by atoms with Crippen molar-refractivity contribution in [1.82, 2.24) is 0 Å². The highest BCUT2D eigenvalue weighted by atomic mass is 79.9. The predicted molar refractivity (Wildman–Crippen MR) is 84.1 cm³/mol. The number of primary amides is 1. The molecular formula is C13H15BrFN3OS. The third-order valence-electron chi connectivity index (χ3n) is 3.49. The molecule has 1 heterocycles. The van der Waals surface area contributed by atoms with Crippen molar-refractivity contribution in [2.75, 3.05) is 18.0 Å². The van der Waals surface area contributed by atoms with Crippen molar-refractivity contribution >= 4 is 44.7 Å². The standard InChI is InChI=1S/C13H15BrFN3OS/c14-10-8(13(17)20)3-4-9(11(10)15)18-5-1-2-7(6-18)12(16)19/h3-4,7H,1-2,5-6H2,(H2,16,19)(H2,17,20). The molecule has 1 amide bonds. The summed E-state index contributed by atoms with van der Waals surface area (Å²) in [4.78, 5) is 13.3. The second kappa shape index (κ2) is 6.05. The van der Waals surface area contributed by atoms with Gasteiger partial charge in [-0.15, -0.1) is 0 Å². The molecule has 108 valence electrons. The van der Waals surface area contributed by atoms with E-state index in [1.807, 2.05) is 4.90 Å². The fourth-order valence-corrected chi connectivity index (χ4v) is 3.25. The normalized spacial score (nSPS) is 18.9. The van der Waals surface area contributed by atoms with E-state index in [4.69, 9.17) is 23.7 Å². The fourth-order valence-electron chi connectivity index (χ4n) is 2.40. The molecule has 1 aliphatic rings. The lowest BCUT2D eigenvalue weighted by molar-refractivity contribution is -0.122. The molecule has 1 aromatic carbocycles. The minimum atomic E-state index is -0.416. The summed E-state index contributed by atoms with van der Waals surface area (Å²) < 4.78 is 14.7. The zero-order valence-electron chi connectivity index (χ0n) is 10.7. The lowest BCUT2D eigenvalue weighted by atomic mass is 9.97. The van der Waals surface area contributed by atoms with Gasteiger partial charge in [-0.3, -0.25) is 4.79 Å². The van der Waals surface area contributed by atoms with Crippen LogP contribution in [0.1, 0.15) is 18.4 Å². The molecule has 1 atom stereocenters. The highest BCUT2D eigenvalue weighted by Crippen LogP contribution is 2.32. The third-order valence-corrected chi connectivity index (χ3v) is 4.49. The van der Waals surface area contributed by atoms with Gasteiger partial charge in [-0.1, -0.05) is 12.2 Å². The molecule has 0 aliphatic carbocycles. The van der Waals surface area contributed by atoms with E-state index in [1.165, 1.54) is 0 Å². The van der Waals surface area contributed by atoms with Crippen molar-refractivity contribution in [3.05, 3.63) is 28.0 Å². The van der Waals surface area contributed by atoms with Gasteiger partial charge in [0.15, 0.2) is 5.82 Å². The minimum Gasteiger partial charge on any atom is -0.389 e. The van der Waals surface area contributed by atoms with Crippen molar-refractivity contribution in [1.29, 1.82) is 0 Å². The van der Waals surface area contributed by atoms with E-state index in [2.05, 4.69) is 15.9 Å². The summed E-state index contributed by atoms with van der Waals surface area (Å²) in [5, 5.41) is 0. The molecule has 1 saturated heterocycles. The monoisotopic (exact) mass is 359 g/mol. The fraction of sp³-hybridized carbons (Fsp3) is 0.385. The van der Waals surface area contributed by atoms with E-state index in [-0.39, 0.29) is 21.3 Å². The van der Waals surface area contributed by atoms with Gasteiger partial charge in [-0.2, -0.15) is 0 Å². The van der Waals surface area contributed by atoms with Crippen LogP contribution in [-0.2, 0) is 4.79 Å². The van der Waals surface area contributed by atoms with Crippen LogP contribution >= 0.6 is 28.1 Å². The lowest BCUT2D eigenvalue weighted by Crippen LogP contribution is -2.41. The highest BCUT2D eigenvalue weighted by molar-refractivity contribution is 9.10. The molecule has 0 radical (unpaired) electrons. The van der Waals surface area contributed by atoms with Gasteiger partial charge in [0.05, 0.1) is 16.1 Å². The van der Waals surface area contributed by atoms with E-state index in [1.54, 1.807) is 12.1 Å². The van der Waals surface area contributed by atoms with Crippen LogP contribution < -0.4 is 16.4 Å². The van der Waals surface area contributed by atoms with Crippen molar-refractivity contribution in [3.8, 4) is 0 Å². The first kappa shape index (κ1) is 15.2. The highest BCUT2D eigenvalue weighted by Gasteiger charge is 2.26. The summed E-state index contributed by atoms with van der Waals surface area (Å²) in [6.07, 6.45) is 1.56. The Morgan fingerprint density at radius 1 is 1.45 bits per heavy atom. The molecule has 0 spiro atoms. The van der Waals surface area contributed by atoms with E-state index in [0.29, 0.717) is 24.3 Å². The second-order valence-electron chi connectivity index (χ2n) is 4.81. The molecule has 0 saturated carbocycles. The Bertz CT molecular complexity index is 567. The number of nitrogens with two attached hydrogens (primary N) is 2. The molecule has 7 heteroatoms.